The van der Waals surface area contributed by atoms with Gasteiger partial charge >= 0.3 is 6.18 Å². The van der Waals surface area contributed by atoms with E-state index in [1.54, 1.807) is 13.0 Å². The van der Waals surface area contributed by atoms with Crippen molar-refractivity contribution in [3.05, 3.63) is 47.3 Å². The van der Waals surface area contributed by atoms with Crippen molar-refractivity contribution in [2.24, 2.45) is 0 Å². The van der Waals surface area contributed by atoms with E-state index in [0.29, 0.717) is 11.4 Å². The number of hydrogen-bond acceptors (Lipinski definition) is 2. The zero-order valence-corrected chi connectivity index (χ0v) is 10.1. The molecule has 2 rings (SSSR count). The number of nitrogens with zero attached hydrogens (tertiary/aromatic N) is 3. The molecule has 6 heteroatoms. The molecule has 0 saturated carbocycles. The quantitative estimate of drug-likeness (QED) is 0.836. The van der Waals surface area contributed by atoms with E-state index in [0.717, 1.165) is 17.8 Å². The minimum Gasteiger partial charge on any atom is -0.238 e. The van der Waals surface area contributed by atoms with E-state index in [-0.39, 0.29) is 6.42 Å². The molecule has 0 spiro atoms. The summed E-state index contributed by atoms with van der Waals surface area (Å²) in [4.78, 5) is 0. The van der Waals surface area contributed by atoms with E-state index in [4.69, 9.17) is 5.26 Å². The summed E-state index contributed by atoms with van der Waals surface area (Å²) in [5, 5.41) is 12.8. The monoisotopic (exact) mass is 265 g/mol. The Bertz CT molecular complexity index is 618. The summed E-state index contributed by atoms with van der Waals surface area (Å²) >= 11 is 0. The summed E-state index contributed by atoms with van der Waals surface area (Å²) in [6, 6.07) is 8.47. The molecule has 0 bridgehead atoms. The summed E-state index contributed by atoms with van der Waals surface area (Å²) in [6.45, 7) is 1.78. The second-order valence-electron chi connectivity index (χ2n) is 4.07. The predicted molar refractivity (Wildman–Crippen MR) is 62.6 cm³/mol. The number of halogens is 3. The number of hydrogen-bond donors (Lipinski definition) is 0. The van der Waals surface area contributed by atoms with Gasteiger partial charge in [0.1, 0.15) is 0 Å². The predicted octanol–water partition coefficient (Wildman–Crippen LogP) is 3.27. The molecule has 1 aromatic heterocycles. The lowest BCUT2D eigenvalue weighted by Crippen LogP contribution is -2.06. The first-order valence-corrected chi connectivity index (χ1v) is 5.52. The third-order valence-corrected chi connectivity index (χ3v) is 2.64. The fraction of sp³-hybridized carbons (Fsp3) is 0.231. The van der Waals surface area contributed by atoms with Crippen LogP contribution in [0.4, 0.5) is 13.2 Å². The minimum atomic E-state index is -4.34. The highest BCUT2D eigenvalue weighted by Crippen LogP contribution is 2.29. The van der Waals surface area contributed by atoms with Crippen molar-refractivity contribution in [1.29, 1.82) is 5.26 Å². The first-order valence-electron chi connectivity index (χ1n) is 5.52. The van der Waals surface area contributed by atoms with Gasteiger partial charge in [-0.05, 0) is 37.3 Å². The van der Waals surface area contributed by atoms with Crippen LogP contribution in [0.15, 0.2) is 30.3 Å². The molecule has 2 aromatic rings. The summed E-state index contributed by atoms with van der Waals surface area (Å²) in [6.07, 6.45) is -4.17. The average Bonchev–Trinajstić information content (AvgIpc) is 2.70. The van der Waals surface area contributed by atoms with Gasteiger partial charge in [0.25, 0.3) is 0 Å². The largest absolute Gasteiger partial charge is 0.416 e. The smallest absolute Gasteiger partial charge is 0.238 e. The van der Waals surface area contributed by atoms with Crippen molar-refractivity contribution in [3.8, 4) is 11.8 Å². The highest BCUT2D eigenvalue weighted by atomic mass is 19.4. The SMILES string of the molecule is Cc1cc(CC#N)nn1-c1ccc(C(F)(F)F)cc1. The van der Waals surface area contributed by atoms with Crippen molar-refractivity contribution in [2.75, 3.05) is 0 Å². The Balaban J connectivity index is 2.35. The van der Waals surface area contributed by atoms with Gasteiger partial charge in [0.2, 0.25) is 0 Å². The van der Waals surface area contributed by atoms with Gasteiger partial charge in [-0.25, -0.2) is 4.68 Å². The zero-order chi connectivity index (χ0) is 14.0. The third kappa shape index (κ3) is 2.76. The number of benzene rings is 1. The van der Waals surface area contributed by atoms with Crippen LogP contribution in [-0.2, 0) is 12.6 Å². The highest BCUT2D eigenvalue weighted by Gasteiger charge is 2.30. The molecule has 0 N–H and O–H groups in total. The van der Waals surface area contributed by atoms with E-state index in [9.17, 15) is 13.2 Å². The minimum absolute atomic E-state index is 0.175. The summed E-state index contributed by atoms with van der Waals surface area (Å²) in [7, 11) is 0. The van der Waals surface area contributed by atoms with Gasteiger partial charge in [-0.3, -0.25) is 0 Å². The van der Waals surface area contributed by atoms with Gasteiger partial charge in [0.15, 0.2) is 0 Å². The van der Waals surface area contributed by atoms with Gasteiger partial charge in [-0.2, -0.15) is 23.5 Å². The first kappa shape index (κ1) is 13.1. The van der Waals surface area contributed by atoms with Crippen LogP contribution in [0.1, 0.15) is 17.0 Å². The van der Waals surface area contributed by atoms with Gasteiger partial charge in [0, 0.05) is 5.69 Å². The van der Waals surface area contributed by atoms with Crippen LogP contribution >= 0.6 is 0 Å². The topological polar surface area (TPSA) is 41.6 Å². The average molecular weight is 265 g/mol. The molecule has 0 aliphatic rings. The second-order valence-corrected chi connectivity index (χ2v) is 4.07. The fourth-order valence-electron chi connectivity index (χ4n) is 1.76. The molecule has 98 valence electrons. The number of aryl methyl sites for hydroxylation is 1. The zero-order valence-electron chi connectivity index (χ0n) is 10.1. The maximum absolute atomic E-state index is 12.4. The standard InChI is InChI=1S/C13H10F3N3/c1-9-8-11(6-7-17)18-19(9)12-4-2-10(3-5-12)13(14,15)16/h2-5,8H,6H2,1H3. The lowest BCUT2D eigenvalue weighted by molar-refractivity contribution is -0.137. The van der Waals surface area contributed by atoms with Crippen LogP contribution in [0.5, 0.6) is 0 Å². The van der Waals surface area contributed by atoms with Crippen molar-refractivity contribution in [1.82, 2.24) is 9.78 Å². The summed E-state index contributed by atoms with van der Waals surface area (Å²) < 4.78 is 38.9. The van der Waals surface area contributed by atoms with Crippen molar-refractivity contribution >= 4 is 0 Å². The van der Waals surface area contributed by atoms with E-state index in [2.05, 4.69) is 5.10 Å². The van der Waals surface area contributed by atoms with Crippen molar-refractivity contribution < 1.29 is 13.2 Å². The lowest BCUT2D eigenvalue weighted by Gasteiger charge is -2.08. The number of aromatic nitrogens is 2. The van der Waals surface area contributed by atoms with E-state index in [1.165, 1.54) is 16.8 Å². The molecule has 3 nitrogen and oxygen atoms in total. The molecule has 1 heterocycles. The van der Waals surface area contributed by atoms with Crippen LogP contribution in [0.3, 0.4) is 0 Å². The molecular formula is C13H10F3N3. The number of alkyl halides is 3. The lowest BCUT2D eigenvalue weighted by atomic mass is 10.2. The van der Waals surface area contributed by atoms with E-state index < -0.39 is 11.7 Å². The van der Waals surface area contributed by atoms with Gasteiger partial charge < -0.3 is 0 Å². The van der Waals surface area contributed by atoms with Gasteiger partial charge in [-0.15, -0.1) is 0 Å². The molecule has 0 aliphatic heterocycles. The van der Waals surface area contributed by atoms with Crippen molar-refractivity contribution in [3.63, 3.8) is 0 Å². The van der Waals surface area contributed by atoms with E-state index in [1.807, 2.05) is 6.07 Å². The van der Waals surface area contributed by atoms with Crippen LogP contribution in [-0.4, -0.2) is 9.78 Å². The first-order chi connectivity index (χ1) is 8.91. The van der Waals surface area contributed by atoms with Crippen LogP contribution in [0.2, 0.25) is 0 Å². The third-order valence-electron chi connectivity index (χ3n) is 2.64. The summed E-state index contributed by atoms with van der Waals surface area (Å²) in [5.41, 5.74) is 1.21. The second kappa shape index (κ2) is 4.76. The molecule has 0 aliphatic carbocycles. The Kier molecular flexibility index (Phi) is 3.30. The maximum Gasteiger partial charge on any atom is 0.416 e. The molecule has 0 atom stereocenters. The van der Waals surface area contributed by atoms with Crippen LogP contribution in [0, 0.1) is 18.3 Å². The van der Waals surface area contributed by atoms with Crippen molar-refractivity contribution in [2.45, 2.75) is 19.5 Å². The van der Waals surface area contributed by atoms with Gasteiger partial charge in [0.05, 0.1) is 29.4 Å². The summed E-state index contributed by atoms with van der Waals surface area (Å²) in [5.74, 6) is 0. The molecule has 0 fully saturated rings. The molecule has 1 aromatic carbocycles. The molecule has 0 saturated heterocycles. The molecule has 0 radical (unpaired) electrons. The van der Waals surface area contributed by atoms with Crippen LogP contribution < -0.4 is 0 Å². The Morgan fingerprint density at radius 3 is 2.42 bits per heavy atom. The number of nitriles is 1. The molecule has 0 amide bonds. The molecular weight excluding hydrogens is 255 g/mol. The van der Waals surface area contributed by atoms with Crippen LogP contribution in [0.25, 0.3) is 5.69 Å². The maximum atomic E-state index is 12.4. The molecule has 19 heavy (non-hydrogen) atoms. The van der Waals surface area contributed by atoms with Gasteiger partial charge in [-0.1, -0.05) is 0 Å². The van der Waals surface area contributed by atoms with E-state index >= 15 is 0 Å². The normalized spacial score (nSPS) is 11.3. The Labute approximate surface area is 107 Å². The Hall–Kier alpha value is -2.29. The Morgan fingerprint density at radius 1 is 1.26 bits per heavy atom. The fourth-order valence-corrected chi connectivity index (χ4v) is 1.76. The number of rotatable bonds is 2. The molecule has 0 unspecified atom stereocenters. The highest BCUT2D eigenvalue weighted by molar-refractivity contribution is 5.37. The Morgan fingerprint density at radius 2 is 1.89 bits per heavy atom.